The SMILES string of the molecule is COC(OC)(C(=O)O)C(=O)CC(=O)C(F)(F)C(F)(F)C(F)(F)C(F)(F)C(F)(F)C(F)(F)F. The van der Waals surface area contributed by atoms with Crippen LogP contribution in [0.1, 0.15) is 6.42 Å². The van der Waals surface area contributed by atoms with Crippen molar-refractivity contribution in [1.29, 1.82) is 0 Å². The van der Waals surface area contributed by atoms with Gasteiger partial charge in [-0.15, -0.1) is 0 Å². The van der Waals surface area contributed by atoms with Crippen LogP contribution in [-0.4, -0.2) is 78.4 Å². The molecule has 6 nitrogen and oxygen atoms in total. The van der Waals surface area contributed by atoms with E-state index in [9.17, 15) is 71.5 Å². The molecule has 0 aromatic carbocycles. The molecule has 0 bridgehead atoms. The number of rotatable bonds is 11. The second-order valence-electron chi connectivity index (χ2n) is 5.72. The normalized spacial score (nSPS) is 15.0. The van der Waals surface area contributed by atoms with Crippen LogP contribution in [0, 0.1) is 0 Å². The molecule has 1 N–H and O–H groups in total. The second-order valence-corrected chi connectivity index (χ2v) is 5.72. The molecule has 0 aliphatic heterocycles. The fourth-order valence-corrected chi connectivity index (χ4v) is 1.92. The third-order valence-corrected chi connectivity index (χ3v) is 3.83. The number of methoxy groups -OCH3 is 2. The molecule has 0 radical (unpaired) electrons. The Morgan fingerprint density at radius 3 is 1.25 bits per heavy atom. The highest BCUT2D eigenvalue weighted by atomic mass is 19.4. The quantitative estimate of drug-likeness (QED) is 0.262. The lowest BCUT2D eigenvalue weighted by molar-refractivity contribution is -0.436. The Kier molecular flexibility index (Phi) is 7.74. The Bertz CT molecular complexity index is 754. The van der Waals surface area contributed by atoms with Gasteiger partial charge in [-0.05, 0) is 0 Å². The van der Waals surface area contributed by atoms with Crippen molar-refractivity contribution >= 4 is 17.5 Å². The Morgan fingerprint density at radius 1 is 0.625 bits per heavy atom. The maximum absolute atomic E-state index is 13.6. The first kappa shape index (κ1) is 29.8. The second kappa shape index (κ2) is 8.31. The monoisotopic (exact) mass is 508 g/mol. The first-order valence-electron chi connectivity index (χ1n) is 7.22. The van der Waals surface area contributed by atoms with Gasteiger partial charge < -0.3 is 14.6 Å². The summed E-state index contributed by atoms with van der Waals surface area (Å²) in [6.07, 6.45) is -10.4. The van der Waals surface area contributed by atoms with Crippen molar-refractivity contribution in [3.8, 4) is 0 Å². The number of carbonyl (C=O) groups is 3. The summed E-state index contributed by atoms with van der Waals surface area (Å²) >= 11 is 0. The molecule has 0 unspecified atom stereocenters. The van der Waals surface area contributed by atoms with E-state index in [-0.39, 0.29) is 0 Å². The van der Waals surface area contributed by atoms with E-state index in [1.54, 1.807) is 0 Å². The number of halogens is 13. The Hall–Kier alpha value is -2.18. The summed E-state index contributed by atoms with van der Waals surface area (Å²) in [6, 6.07) is 0. The molecule has 19 heteroatoms. The van der Waals surface area contributed by atoms with Gasteiger partial charge in [0.05, 0.1) is 6.42 Å². The van der Waals surface area contributed by atoms with Gasteiger partial charge in [-0.25, -0.2) is 4.79 Å². The predicted molar refractivity (Wildman–Crippen MR) is 69.8 cm³/mol. The molecule has 0 spiro atoms. The third kappa shape index (κ3) is 3.99. The van der Waals surface area contributed by atoms with Crippen molar-refractivity contribution in [2.75, 3.05) is 14.2 Å². The first-order chi connectivity index (χ1) is 13.9. The van der Waals surface area contributed by atoms with E-state index >= 15 is 0 Å². The van der Waals surface area contributed by atoms with Gasteiger partial charge in [0.1, 0.15) is 0 Å². The molecule has 32 heavy (non-hydrogen) atoms. The minimum absolute atomic E-state index is 0.334. The molecule has 0 aromatic rings. The molecule has 0 saturated carbocycles. The maximum Gasteiger partial charge on any atom is 0.460 e. The topological polar surface area (TPSA) is 89.9 Å². The maximum atomic E-state index is 13.6. The molecule has 0 aromatic heterocycles. The van der Waals surface area contributed by atoms with Crippen LogP contribution in [0.15, 0.2) is 0 Å². The molecule has 0 saturated heterocycles. The summed E-state index contributed by atoms with van der Waals surface area (Å²) in [6.45, 7) is 0. The van der Waals surface area contributed by atoms with E-state index in [1.165, 1.54) is 0 Å². The van der Waals surface area contributed by atoms with Crippen LogP contribution in [-0.2, 0) is 23.9 Å². The van der Waals surface area contributed by atoms with Crippen molar-refractivity contribution in [2.45, 2.75) is 48.0 Å². The summed E-state index contributed by atoms with van der Waals surface area (Å²) in [5.74, 6) is -52.1. The van der Waals surface area contributed by atoms with Crippen molar-refractivity contribution in [3.05, 3.63) is 0 Å². The number of hydrogen-bond donors (Lipinski definition) is 1. The van der Waals surface area contributed by atoms with Gasteiger partial charge in [0.25, 0.3) is 0 Å². The number of hydrogen-bond acceptors (Lipinski definition) is 5. The highest BCUT2D eigenvalue weighted by Crippen LogP contribution is 2.60. The van der Waals surface area contributed by atoms with Gasteiger partial charge in [0.15, 0.2) is 0 Å². The van der Waals surface area contributed by atoms with Crippen LogP contribution in [0.3, 0.4) is 0 Å². The fraction of sp³-hybridized carbons (Fsp3) is 0.769. The number of aliphatic carboxylic acids is 1. The summed E-state index contributed by atoms with van der Waals surface area (Å²) < 4.78 is 176. The predicted octanol–water partition coefficient (Wildman–Crippen LogP) is 3.33. The van der Waals surface area contributed by atoms with Crippen LogP contribution >= 0.6 is 0 Å². The minimum Gasteiger partial charge on any atom is -0.477 e. The summed E-state index contributed by atoms with van der Waals surface area (Å²) in [5.41, 5.74) is 0. The molecule has 0 amide bonds. The van der Waals surface area contributed by atoms with E-state index in [1.807, 2.05) is 0 Å². The van der Waals surface area contributed by atoms with Crippen LogP contribution in [0.4, 0.5) is 57.1 Å². The number of carbonyl (C=O) groups excluding carboxylic acids is 2. The molecular formula is C13H9F13O6. The summed E-state index contributed by atoms with van der Waals surface area (Å²) in [7, 11) is 0.668. The highest BCUT2D eigenvalue weighted by molar-refractivity contribution is 6.13. The van der Waals surface area contributed by atoms with Crippen molar-refractivity contribution < 1.29 is 86.0 Å². The lowest BCUT2D eigenvalue weighted by Crippen LogP contribution is -2.71. The summed E-state index contributed by atoms with van der Waals surface area (Å²) in [4.78, 5) is 33.9. The van der Waals surface area contributed by atoms with Crippen LogP contribution in [0.5, 0.6) is 0 Å². The number of alkyl halides is 13. The molecule has 0 fully saturated rings. The number of ether oxygens (including phenoxy) is 2. The van der Waals surface area contributed by atoms with Crippen molar-refractivity contribution in [3.63, 3.8) is 0 Å². The molecular weight excluding hydrogens is 499 g/mol. The standard InChI is InChI=1S/C13H9F13O6/c1-31-7(32-2,6(29)30)4(27)3-5(28)8(14,15)9(16,17)10(18,19)11(20,21)12(22,23)13(24,25)26/h3H2,1-2H3,(H,29,30). The van der Waals surface area contributed by atoms with E-state index in [0.717, 1.165) is 0 Å². The number of Topliss-reactive ketones (excluding diaryl/α,β-unsaturated/α-hetero) is 2. The van der Waals surface area contributed by atoms with Crippen molar-refractivity contribution in [2.24, 2.45) is 0 Å². The van der Waals surface area contributed by atoms with Gasteiger partial charge in [0, 0.05) is 14.2 Å². The largest absolute Gasteiger partial charge is 0.477 e. The Morgan fingerprint density at radius 2 is 0.969 bits per heavy atom. The minimum atomic E-state index is -8.24. The van der Waals surface area contributed by atoms with Crippen LogP contribution < -0.4 is 0 Å². The number of carboxylic acid groups (broad SMARTS) is 1. The fourth-order valence-electron chi connectivity index (χ4n) is 1.92. The van der Waals surface area contributed by atoms with Gasteiger partial charge in [-0.2, -0.15) is 57.1 Å². The Balaban J connectivity index is 6.38. The zero-order chi connectivity index (χ0) is 26.4. The van der Waals surface area contributed by atoms with Gasteiger partial charge >= 0.3 is 47.5 Å². The van der Waals surface area contributed by atoms with E-state index in [0.29, 0.717) is 14.2 Å². The molecule has 0 atom stereocenters. The summed E-state index contributed by atoms with van der Waals surface area (Å²) in [5, 5.41) is 8.74. The molecule has 0 rings (SSSR count). The van der Waals surface area contributed by atoms with Crippen molar-refractivity contribution in [1.82, 2.24) is 0 Å². The van der Waals surface area contributed by atoms with Gasteiger partial charge in [-0.1, -0.05) is 0 Å². The Labute approximate surface area is 167 Å². The van der Waals surface area contributed by atoms with Crippen LogP contribution in [0.25, 0.3) is 0 Å². The molecule has 0 aliphatic carbocycles. The average molecular weight is 508 g/mol. The first-order valence-corrected chi connectivity index (χ1v) is 7.22. The van der Waals surface area contributed by atoms with E-state index < -0.39 is 65.5 Å². The molecule has 188 valence electrons. The third-order valence-electron chi connectivity index (χ3n) is 3.83. The average Bonchev–Trinajstić information content (AvgIpc) is 2.61. The highest BCUT2D eigenvalue weighted by Gasteiger charge is 2.91. The van der Waals surface area contributed by atoms with Gasteiger partial charge in [-0.3, -0.25) is 9.59 Å². The number of carboxylic acids is 1. The van der Waals surface area contributed by atoms with E-state index in [4.69, 9.17) is 5.11 Å². The zero-order valence-corrected chi connectivity index (χ0v) is 15.1. The van der Waals surface area contributed by atoms with Crippen LogP contribution in [0.2, 0.25) is 0 Å². The zero-order valence-electron chi connectivity index (χ0n) is 15.1. The molecule has 0 aliphatic rings. The smallest absolute Gasteiger partial charge is 0.460 e. The molecule has 0 heterocycles. The lowest BCUT2D eigenvalue weighted by Gasteiger charge is -2.39. The number of ketones is 2. The van der Waals surface area contributed by atoms with Gasteiger partial charge in [0.2, 0.25) is 11.6 Å². The lowest BCUT2D eigenvalue weighted by atomic mass is 9.90. The van der Waals surface area contributed by atoms with E-state index in [2.05, 4.69) is 9.47 Å².